The van der Waals surface area contributed by atoms with Crippen LogP contribution in [-0.2, 0) is 14.9 Å². The first-order valence-corrected chi connectivity index (χ1v) is 18.6. The van der Waals surface area contributed by atoms with Gasteiger partial charge in [-0.25, -0.2) is 9.78 Å². The lowest BCUT2D eigenvalue weighted by Gasteiger charge is -2.30. The zero-order chi connectivity index (χ0) is 41.0. The Balaban J connectivity index is 1.31. The summed E-state index contributed by atoms with van der Waals surface area (Å²) in [5, 5.41) is 23.7. The number of ketones is 1. The van der Waals surface area contributed by atoms with Gasteiger partial charge in [0.05, 0.1) is 22.7 Å². The average molecular weight is 790 g/mol. The minimum Gasteiger partial charge on any atom is -0.497 e. The Morgan fingerprint density at radius 3 is 2.39 bits per heavy atom. The molecule has 1 aliphatic carbocycles. The predicted octanol–water partition coefficient (Wildman–Crippen LogP) is 9.84. The van der Waals surface area contributed by atoms with E-state index in [1.165, 1.54) is 42.3 Å². The molecule has 14 heteroatoms. The van der Waals surface area contributed by atoms with Crippen molar-refractivity contribution >= 4 is 69.2 Å². The number of hydrogen-bond acceptors (Lipinski definition) is 10. The third kappa shape index (κ3) is 8.98. The number of nitriles is 1. The monoisotopic (exact) mass is 789 g/mol. The number of carbonyl (C=O) groups excluding carboxylic acids is 3. The normalized spacial score (nSPS) is 13.8. The fraction of sp³-hybridized carbons (Fsp3) is 0.279. The Hall–Kier alpha value is -6.52. The number of non-ortho nitro benzene ring substituents is 1. The molecule has 292 valence electrons. The number of nitro benzene ring substituents is 1. The van der Waals surface area contributed by atoms with Crippen LogP contribution in [0.2, 0.25) is 5.02 Å². The molecular weight excluding hydrogens is 750 g/mol. The number of carbonyl (C=O) groups is 3. The molecule has 1 N–H and O–H groups in total. The van der Waals surface area contributed by atoms with E-state index in [1.54, 1.807) is 24.3 Å². The van der Waals surface area contributed by atoms with E-state index in [9.17, 15) is 29.8 Å². The number of methoxy groups -OCH3 is 1. The van der Waals surface area contributed by atoms with E-state index in [4.69, 9.17) is 25.5 Å². The van der Waals surface area contributed by atoms with Crippen molar-refractivity contribution in [3.63, 3.8) is 0 Å². The van der Waals surface area contributed by atoms with Gasteiger partial charge in [0.25, 0.3) is 11.6 Å². The van der Waals surface area contributed by atoms with Crippen molar-refractivity contribution < 1.29 is 33.2 Å². The fourth-order valence-corrected chi connectivity index (χ4v) is 6.84. The van der Waals surface area contributed by atoms with Crippen molar-refractivity contribution in [3.8, 4) is 11.8 Å². The molecule has 5 aromatic rings. The summed E-state index contributed by atoms with van der Waals surface area (Å²) in [7, 11) is 1.47. The first-order valence-electron chi connectivity index (χ1n) is 18.2. The van der Waals surface area contributed by atoms with Crippen molar-refractivity contribution in [1.82, 2.24) is 4.98 Å². The smallest absolute Gasteiger partial charge is 0.415 e. The second-order valence-electron chi connectivity index (χ2n) is 14.7. The molecule has 13 nitrogen and oxygen atoms in total. The van der Waals surface area contributed by atoms with Gasteiger partial charge in [-0.15, -0.1) is 0 Å². The molecule has 1 fully saturated rings. The number of nitro groups is 1. The Kier molecular flexibility index (Phi) is 11.8. The highest BCUT2D eigenvalue weighted by Gasteiger charge is 2.37. The van der Waals surface area contributed by atoms with Crippen LogP contribution in [0.4, 0.5) is 21.9 Å². The van der Waals surface area contributed by atoms with Crippen molar-refractivity contribution in [3.05, 3.63) is 122 Å². The average Bonchev–Trinajstić information content (AvgIpc) is 3.87. The van der Waals surface area contributed by atoms with Crippen molar-refractivity contribution in [1.29, 1.82) is 5.26 Å². The number of benzene rings is 4. The maximum atomic E-state index is 14.3. The number of oxazole rings is 1. The fourth-order valence-electron chi connectivity index (χ4n) is 6.61. The lowest BCUT2D eigenvalue weighted by atomic mass is 9.87. The van der Waals surface area contributed by atoms with Crippen LogP contribution in [0.25, 0.3) is 22.7 Å². The summed E-state index contributed by atoms with van der Waals surface area (Å²) in [6, 6.07) is 22.3. The Bertz CT molecular complexity index is 2440. The number of halogens is 1. The van der Waals surface area contributed by atoms with E-state index in [1.807, 2.05) is 25.1 Å². The Morgan fingerprint density at radius 2 is 1.77 bits per heavy atom. The highest BCUT2D eigenvalue weighted by Crippen LogP contribution is 2.33. The molecule has 1 aromatic heterocycles. The second kappa shape index (κ2) is 16.7. The summed E-state index contributed by atoms with van der Waals surface area (Å²) in [5.74, 6) is -1.18. The zero-order valence-electron chi connectivity index (χ0n) is 32.0. The van der Waals surface area contributed by atoms with E-state index < -0.39 is 28.8 Å². The van der Waals surface area contributed by atoms with Crippen LogP contribution in [0.3, 0.4) is 0 Å². The minimum absolute atomic E-state index is 0.0213. The Morgan fingerprint density at radius 1 is 1.05 bits per heavy atom. The molecule has 1 aliphatic rings. The Labute approximate surface area is 334 Å². The topological polar surface area (TPSA) is 178 Å². The van der Waals surface area contributed by atoms with Gasteiger partial charge < -0.3 is 19.2 Å². The SMILES string of the molecule is COc1ccc(C(=O)C(OC(=O)N(c2ccc(C=C(C#N)c3nc4cc(C(C)(C)C)ccc4o3)c(C)c2)C2CCCC2)C(=O)Nc2ccc([N+](=O)[O-])cc2Cl)cc1. The molecule has 6 rings (SSSR count). The third-order valence-corrected chi connectivity index (χ3v) is 10.1. The summed E-state index contributed by atoms with van der Waals surface area (Å²) in [6.07, 6.45) is 1.79. The molecule has 0 bridgehead atoms. The number of nitrogens with zero attached hydrogens (tertiary/aromatic N) is 4. The first kappa shape index (κ1) is 40.2. The van der Waals surface area contributed by atoms with E-state index >= 15 is 0 Å². The van der Waals surface area contributed by atoms with Crippen LogP contribution in [0.1, 0.15) is 79.4 Å². The molecule has 2 amide bonds. The summed E-state index contributed by atoms with van der Waals surface area (Å²) in [4.78, 5) is 58.7. The van der Waals surface area contributed by atoms with Gasteiger partial charge in [0, 0.05) is 29.4 Å². The summed E-state index contributed by atoms with van der Waals surface area (Å²) in [5.41, 5.74) is 4.02. The molecular formula is C43H40ClN5O8. The number of Topliss-reactive ketones (excluding diaryl/α,β-unsaturated/α-hetero) is 1. The number of allylic oxidation sites excluding steroid dienone is 1. The molecule has 1 heterocycles. The van der Waals surface area contributed by atoms with Crippen LogP contribution in [-0.4, -0.2) is 46.9 Å². The van der Waals surface area contributed by atoms with Gasteiger partial charge in [-0.05, 0) is 103 Å². The summed E-state index contributed by atoms with van der Waals surface area (Å²) >= 11 is 6.25. The van der Waals surface area contributed by atoms with E-state index in [-0.39, 0.29) is 44.9 Å². The van der Waals surface area contributed by atoms with Gasteiger partial charge in [0.15, 0.2) is 5.58 Å². The van der Waals surface area contributed by atoms with Crippen LogP contribution in [0, 0.1) is 28.4 Å². The van der Waals surface area contributed by atoms with Gasteiger partial charge in [-0.3, -0.25) is 24.6 Å². The van der Waals surface area contributed by atoms with Crippen LogP contribution in [0.5, 0.6) is 5.75 Å². The maximum absolute atomic E-state index is 14.3. The number of hydrogen-bond donors (Lipinski definition) is 1. The predicted molar refractivity (Wildman–Crippen MR) is 216 cm³/mol. The molecule has 1 saturated carbocycles. The summed E-state index contributed by atoms with van der Waals surface area (Å²) < 4.78 is 17.0. The molecule has 1 atom stereocenters. The van der Waals surface area contributed by atoms with Gasteiger partial charge in [-0.2, -0.15) is 5.26 Å². The standard InChI is InChI=1S/C43H40ClN5O8/c1-25-20-31(14-10-27(25)21-28(24-45)41-47-36-22-29(43(2,3)4)13-19-37(36)56-41)48(30-8-6-7-9-30)42(52)57-39(38(50)26-11-16-33(55-5)17-12-26)40(51)46-35-18-15-32(49(53)54)23-34(35)44/h10-23,30,39H,6-9H2,1-5H3,(H,46,51). The van der Waals surface area contributed by atoms with Crippen molar-refractivity contribution in [2.24, 2.45) is 0 Å². The second-order valence-corrected chi connectivity index (χ2v) is 15.1. The van der Waals surface area contributed by atoms with Crippen molar-refractivity contribution in [2.75, 3.05) is 17.3 Å². The lowest BCUT2D eigenvalue weighted by molar-refractivity contribution is -0.384. The van der Waals surface area contributed by atoms with Gasteiger partial charge in [0.2, 0.25) is 17.8 Å². The number of aromatic nitrogens is 1. The highest BCUT2D eigenvalue weighted by molar-refractivity contribution is 6.34. The zero-order valence-corrected chi connectivity index (χ0v) is 32.8. The number of anilines is 2. The lowest BCUT2D eigenvalue weighted by Crippen LogP contribution is -2.46. The molecule has 57 heavy (non-hydrogen) atoms. The summed E-state index contributed by atoms with van der Waals surface area (Å²) in [6.45, 7) is 8.15. The molecule has 0 radical (unpaired) electrons. The van der Waals surface area contributed by atoms with Crippen LogP contribution >= 0.6 is 11.6 Å². The minimum atomic E-state index is -1.97. The molecule has 0 aliphatic heterocycles. The molecule has 1 unspecified atom stereocenters. The van der Waals surface area contributed by atoms with Crippen molar-refractivity contribution in [2.45, 2.75) is 70.9 Å². The van der Waals surface area contributed by atoms with E-state index in [2.05, 4.69) is 37.1 Å². The van der Waals surface area contributed by atoms with E-state index in [0.29, 0.717) is 40.9 Å². The molecule has 0 saturated heterocycles. The number of fused-ring (bicyclic) bond motifs is 1. The third-order valence-electron chi connectivity index (χ3n) is 9.81. The first-order chi connectivity index (χ1) is 27.2. The van der Waals surface area contributed by atoms with Gasteiger partial charge >= 0.3 is 6.09 Å². The van der Waals surface area contributed by atoms with Crippen LogP contribution < -0.4 is 15.0 Å². The van der Waals surface area contributed by atoms with Crippen LogP contribution in [0.15, 0.2) is 83.3 Å². The number of rotatable bonds is 11. The largest absolute Gasteiger partial charge is 0.497 e. The van der Waals surface area contributed by atoms with Gasteiger partial charge in [-0.1, -0.05) is 57.3 Å². The van der Waals surface area contributed by atoms with E-state index in [0.717, 1.165) is 36.1 Å². The highest BCUT2D eigenvalue weighted by atomic mass is 35.5. The quantitative estimate of drug-likeness (QED) is 0.0445. The number of ether oxygens (including phenoxy) is 2. The number of aryl methyl sites for hydroxylation is 1. The van der Waals surface area contributed by atoms with Gasteiger partial charge in [0.1, 0.15) is 22.9 Å². The molecule has 0 spiro atoms. The number of amides is 2. The maximum Gasteiger partial charge on any atom is 0.415 e. The number of nitrogens with one attached hydrogen (secondary N) is 1. The molecule has 4 aromatic carbocycles.